The zero-order valence-corrected chi connectivity index (χ0v) is 11.1. The first-order valence-corrected chi connectivity index (χ1v) is 6.26. The summed E-state index contributed by atoms with van der Waals surface area (Å²) in [5.74, 6) is -0.126. The summed E-state index contributed by atoms with van der Waals surface area (Å²) < 4.78 is 20.6. The first kappa shape index (κ1) is 13.4. The van der Waals surface area contributed by atoms with Crippen LogP contribution in [0.25, 0.3) is 5.52 Å². The minimum atomic E-state index is -0.382. The molecule has 0 atom stereocenters. The van der Waals surface area contributed by atoms with E-state index >= 15 is 0 Å². The minimum absolute atomic E-state index is 0.0154. The van der Waals surface area contributed by atoms with Crippen molar-refractivity contribution in [1.29, 1.82) is 0 Å². The number of carbonyl (C=O) groups excluding carboxylic acids is 1. The average Bonchev–Trinajstić information content (AvgIpc) is 2.82. The molecule has 5 heteroatoms. The van der Waals surface area contributed by atoms with Crippen LogP contribution >= 0.6 is 0 Å². The number of pyridine rings is 1. The molecule has 0 unspecified atom stereocenters. The SMILES string of the molecule is CCC(=O)NCCc1ccn2ccc(F)c(OC)c12. The van der Waals surface area contributed by atoms with Crippen molar-refractivity contribution in [2.45, 2.75) is 19.8 Å². The molecule has 0 saturated carbocycles. The molecule has 0 fully saturated rings. The van der Waals surface area contributed by atoms with Gasteiger partial charge in [-0.25, -0.2) is 4.39 Å². The van der Waals surface area contributed by atoms with Crippen molar-refractivity contribution in [1.82, 2.24) is 9.72 Å². The van der Waals surface area contributed by atoms with E-state index < -0.39 is 0 Å². The molecule has 4 nitrogen and oxygen atoms in total. The third-order valence-corrected chi connectivity index (χ3v) is 3.05. The molecule has 0 aliphatic heterocycles. The van der Waals surface area contributed by atoms with Crippen molar-refractivity contribution >= 4 is 11.4 Å². The maximum absolute atomic E-state index is 13.7. The van der Waals surface area contributed by atoms with Crippen LogP contribution in [-0.4, -0.2) is 24.0 Å². The van der Waals surface area contributed by atoms with Gasteiger partial charge in [0.1, 0.15) is 0 Å². The highest BCUT2D eigenvalue weighted by atomic mass is 19.1. The molecule has 2 aromatic rings. The maximum atomic E-state index is 13.7. The molecule has 0 bridgehead atoms. The molecule has 0 radical (unpaired) electrons. The molecular formula is C14H17FN2O2. The Hall–Kier alpha value is -2.04. The molecule has 0 aromatic carbocycles. The molecule has 19 heavy (non-hydrogen) atoms. The lowest BCUT2D eigenvalue weighted by Crippen LogP contribution is -2.24. The van der Waals surface area contributed by atoms with E-state index in [1.54, 1.807) is 6.20 Å². The average molecular weight is 264 g/mol. The van der Waals surface area contributed by atoms with E-state index in [4.69, 9.17) is 4.74 Å². The number of amides is 1. The summed E-state index contributed by atoms with van der Waals surface area (Å²) in [6.45, 7) is 2.34. The van der Waals surface area contributed by atoms with Crippen LogP contribution in [0.15, 0.2) is 24.5 Å². The number of nitrogens with one attached hydrogen (secondary N) is 1. The number of halogens is 1. The fraction of sp³-hybridized carbons (Fsp3) is 0.357. The highest BCUT2D eigenvalue weighted by molar-refractivity contribution is 5.75. The molecule has 2 aromatic heterocycles. The number of hydrogen-bond donors (Lipinski definition) is 1. The number of carbonyl (C=O) groups is 1. The van der Waals surface area contributed by atoms with E-state index in [2.05, 4.69) is 5.32 Å². The Kier molecular flexibility index (Phi) is 4.04. The Morgan fingerprint density at radius 1 is 1.42 bits per heavy atom. The molecule has 0 saturated heterocycles. The number of nitrogens with zero attached hydrogens (tertiary/aromatic N) is 1. The summed E-state index contributed by atoms with van der Waals surface area (Å²) in [5.41, 5.74) is 1.67. The molecule has 0 aliphatic rings. The molecule has 2 rings (SSSR count). The second kappa shape index (κ2) is 5.73. The van der Waals surface area contributed by atoms with Crippen LogP contribution in [0.5, 0.6) is 5.75 Å². The lowest BCUT2D eigenvalue weighted by molar-refractivity contribution is -0.120. The Morgan fingerprint density at radius 3 is 2.84 bits per heavy atom. The van der Waals surface area contributed by atoms with E-state index in [0.29, 0.717) is 24.9 Å². The molecule has 0 spiro atoms. The van der Waals surface area contributed by atoms with Crippen molar-refractivity contribution in [3.63, 3.8) is 0 Å². The minimum Gasteiger partial charge on any atom is -0.492 e. The van der Waals surface area contributed by atoms with Crippen molar-refractivity contribution in [2.24, 2.45) is 0 Å². The van der Waals surface area contributed by atoms with Crippen LogP contribution < -0.4 is 10.1 Å². The summed E-state index contributed by atoms with van der Waals surface area (Å²) in [6.07, 6.45) is 4.62. The van der Waals surface area contributed by atoms with E-state index in [1.165, 1.54) is 13.2 Å². The molecule has 102 valence electrons. The zero-order valence-electron chi connectivity index (χ0n) is 11.1. The normalized spacial score (nSPS) is 10.7. The Bertz CT molecular complexity index is 592. The van der Waals surface area contributed by atoms with Gasteiger partial charge in [-0.3, -0.25) is 4.79 Å². The van der Waals surface area contributed by atoms with Crippen LogP contribution in [0, 0.1) is 5.82 Å². The monoisotopic (exact) mass is 264 g/mol. The van der Waals surface area contributed by atoms with Gasteiger partial charge < -0.3 is 14.5 Å². The van der Waals surface area contributed by atoms with Gasteiger partial charge in [-0.1, -0.05) is 6.92 Å². The van der Waals surface area contributed by atoms with Crippen LogP contribution in [0.4, 0.5) is 4.39 Å². The third kappa shape index (κ3) is 2.70. The van der Waals surface area contributed by atoms with Crippen LogP contribution in [-0.2, 0) is 11.2 Å². The second-order valence-corrected chi connectivity index (χ2v) is 4.25. The van der Waals surface area contributed by atoms with Crippen LogP contribution in [0.2, 0.25) is 0 Å². The maximum Gasteiger partial charge on any atom is 0.219 e. The van der Waals surface area contributed by atoms with Gasteiger partial charge in [0, 0.05) is 25.4 Å². The lowest BCUT2D eigenvalue weighted by atomic mass is 10.2. The molecule has 0 aliphatic carbocycles. The van der Waals surface area contributed by atoms with E-state index in [0.717, 1.165) is 5.56 Å². The first-order valence-electron chi connectivity index (χ1n) is 6.26. The highest BCUT2D eigenvalue weighted by Crippen LogP contribution is 2.27. The van der Waals surface area contributed by atoms with Crippen molar-refractivity contribution in [2.75, 3.05) is 13.7 Å². The third-order valence-electron chi connectivity index (χ3n) is 3.05. The van der Waals surface area contributed by atoms with Gasteiger partial charge >= 0.3 is 0 Å². The van der Waals surface area contributed by atoms with E-state index in [-0.39, 0.29) is 17.5 Å². The summed E-state index contributed by atoms with van der Waals surface area (Å²) in [7, 11) is 1.45. The highest BCUT2D eigenvalue weighted by Gasteiger charge is 2.12. The summed E-state index contributed by atoms with van der Waals surface area (Å²) in [4.78, 5) is 11.2. The van der Waals surface area contributed by atoms with Gasteiger partial charge in [0.15, 0.2) is 11.6 Å². The van der Waals surface area contributed by atoms with Gasteiger partial charge in [-0.2, -0.15) is 0 Å². The fourth-order valence-electron chi connectivity index (χ4n) is 2.07. The van der Waals surface area contributed by atoms with Gasteiger partial charge in [-0.15, -0.1) is 0 Å². The number of fused-ring (bicyclic) bond motifs is 1. The Morgan fingerprint density at radius 2 is 2.16 bits per heavy atom. The van der Waals surface area contributed by atoms with Crippen LogP contribution in [0.3, 0.4) is 0 Å². The number of ether oxygens (including phenoxy) is 1. The number of rotatable bonds is 5. The summed E-state index contributed by atoms with van der Waals surface area (Å²) >= 11 is 0. The van der Waals surface area contributed by atoms with Gasteiger partial charge in [0.25, 0.3) is 0 Å². The van der Waals surface area contributed by atoms with Gasteiger partial charge in [0.2, 0.25) is 5.91 Å². The molecule has 2 heterocycles. The van der Waals surface area contributed by atoms with Crippen molar-refractivity contribution < 1.29 is 13.9 Å². The number of methoxy groups -OCH3 is 1. The predicted octanol–water partition coefficient (Wildman–Crippen LogP) is 2.16. The van der Waals surface area contributed by atoms with Gasteiger partial charge in [-0.05, 0) is 24.1 Å². The molecule has 1 amide bonds. The summed E-state index contributed by atoms with van der Waals surface area (Å²) in [5, 5.41) is 2.80. The quantitative estimate of drug-likeness (QED) is 0.899. The number of hydrogen-bond acceptors (Lipinski definition) is 2. The Balaban J connectivity index is 2.24. The van der Waals surface area contributed by atoms with E-state index in [1.807, 2.05) is 23.6 Å². The van der Waals surface area contributed by atoms with E-state index in [9.17, 15) is 9.18 Å². The van der Waals surface area contributed by atoms with Crippen molar-refractivity contribution in [3.05, 3.63) is 35.9 Å². The zero-order chi connectivity index (χ0) is 13.8. The van der Waals surface area contributed by atoms with Gasteiger partial charge in [0.05, 0.1) is 12.6 Å². The number of aromatic nitrogens is 1. The standard InChI is InChI=1S/C14H17FN2O2/c1-3-12(18)16-7-4-10-5-8-17-9-6-11(15)14(19-2)13(10)17/h5-6,8-9H,3-4,7H2,1-2H3,(H,16,18). The summed E-state index contributed by atoms with van der Waals surface area (Å²) in [6, 6.07) is 3.28. The van der Waals surface area contributed by atoms with Crippen molar-refractivity contribution in [3.8, 4) is 5.75 Å². The largest absolute Gasteiger partial charge is 0.492 e. The smallest absolute Gasteiger partial charge is 0.219 e. The lowest BCUT2D eigenvalue weighted by Gasteiger charge is -2.08. The second-order valence-electron chi connectivity index (χ2n) is 4.25. The Labute approximate surface area is 111 Å². The molecular weight excluding hydrogens is 247 g/mol. The first-order chi connectivity index (χ1) is 9.17. The topological polar surface area (TPSA) is 42.7 Å². The molecule has 1 N–H and O–H groups in total. The fourth-order valence-corrected chi connectivity index (χ4v) is 2.07. The predicted molar refractivity (Wildman–Crippen MR) is 70.9 cm³/mol. The van der Waals surface area contributed by atoms with Crippen LogP contribution in [0.1, 0.15) is 18.9 Å².